The number of fused-ring (bicyclic) bond motifs is 1. The van der Waals surface area contributed by atoms with Gasteiger partial charge in [-0.15, -0.1) is 0 Å². The van der Waals surface area contributed by atoms with Gasteiger partial charge in [0.15, 0.2) is 0 Å². The van der Waals surface area contributed by atoms with Crippen LogP contribution in [0.15, 0.2) is 24.3 Å². The zero-order valence-electron chi connectivity index (χ0n) is 14.9. The lowest BCUT2D eigenvalue weighted by molar-refractivity contribution is -0.165. The summed E-state index contributed by atoms with van der Waals surface area (Å²) in [7, 11) is 0. The van der Waals surface area contributed by atoms with Gasteiger partial charge >= 0.3 is 6.09 Å². The van der Waals surface area contributed by atoms with Crippen molar-refractivity contribution in [3.8, 4) is 0 Å². The van der Waals surface area contributed by atoms with Crippen molar-refractivity contribution in [1.82, 2.24) is 9.80 Å². The highest BCUT2D eigenvalue weighted by Crippen LogP contribution is 2.42. The Balaban J connectivity index is 1.87. The predicted molar refractivity (Wildman–Crippen MR) is 89.3 cm³/mol. The molecule has 2 aliphatic rings. The minimum Gasteiger partial charge on any atom is -0.443 e. The van der Waals surface area contributed by atoms with Crippen molar-refractivity contribution in [1.29, 1.82) is 0 Å². The Labute approximate surface area is 151 Å². The highest BCUT2D eigenvalue weighted by Gasteiger charge is 2.49. The second kappa shape index (κ2) is 6.46. The summed E-state index contributed by atoms with van der Waals surface area (Å²) in [6, 6.07) is 5.74. The number of piperidine rings is 1. The van der Waals surface area contributed by atoms with Gasteiger partial charge < -0.3 is 14.9 Å². The minimum atomic E-state index is -1.20. The number of hydrogen-bond acceptors (Lipinski definition) is 7. The van der Waals surface area contributed by atoms with Crippen LogP contribution >= 0.6 is 0 Å². The highest BCUT2D eigenvalue weighted by atomic mass is 16.6. The Hall–Kier alpha value is -2.29. The molecule has 1 saturated heterocycles. The number of carbonyl (C=O) groups excluding carboxylic acids is 3. The summed E-state index contributed by atoms with van der Waals surface area (Å²) in [6.45, 7) is 4.89. The van der Waals surface area contributed by atoms with Crippen LogP contribution in [0.4, 0.5) is 4.79 Å². The fourth-order valence-corrected chi connectivity index (χ4v) is 3.32. The molecule has 0 aliphatic carbocycles. The van der Waals surface area contributed by atoms with Gasteiger partial charge in [0.1, 0.15) is 18.1 Å². The number of hydrogen-bond donors (Lipinski definition) is 2. The van der Waals surface area contributed by atoms with Crippen LogP contribution in [0.2, 0.25) is 0 Å². The first kappa shape index (κ1) is 18.5. The quantitative estimate of drug-likeness (QED) is 0.728. The van der Waals surface area contributed by atoms with Gasteiger partial charge in [0, 0.05) is 17.5 Å². The van der Waals surface area contributed by atoms with Crippen LogP contribution in [0.3, 0.4) is 0 Å². The molecule has 3 amide bonds. The summed E-state index contributed by atoms with van der Waals surface area (Å²) < 4.78 is 5.15. The molecular formula is C18H22N2O6. The fourth-order valence-electron chi connectivity index (χ4n) is 3.32. The third kappa shape index (κ3) is 3.11. The third-order valence-corrected chi connectivity index (χ3v) is 4.44. The number of aliphatic hydroxyl groups excluding tert-OH is 2. The summed E-state index contributed by atoms with van der Waals surface area (Å²) in [4.78, 5) is 39.0. The van der Waals surface area contributed by atoms with E-state index in [1.807, 2.05) is 0 Å². The largest absolute Gasteiger partial charge is 0.443 e. The summed E-state index contributed by atoms with van der Waals surface area (Å²) in [5, 5.41) is 21.1. The maximum Gasteiger partial charge on any atom is 0.424 e. The number of aliphatic hydroxyl groups is 2. The Morgan fingerprint density at radius 3 is 2.15 bits per heavy atom. The van der Waals surface area contributed by atoms with Crippen LogP contribution in [0.1, 0.15) is 57.2 Å². The maximum atomic E-state index is 12.8. The summed E-state index contributed by atoms with van der Waals surface area (Å²) in [5.41, 5.74) is 0.120. The lowest BCUT2D eigenvalue weighted by Crippen LogP contribution is -2.57. The maximum absolute atomic E-state index is 12.8. The second-order valence-corrected chi connectivity index (χ2v) is 7.43. The van der Waals surface area contributed by atoms with Gasteiger partial charge in [0.05, 0.1) is 6.04 Å². The van der Waals surface area contributed by atoms with Crippen molar-refractivity contribution >= 4 is 17.9 Å². The van der Waals surface area contributed by atoms with Crippen molar-refractivity contribution < 1.29 is 29.3 Å². The molecule has 0 aromatic heterocycles. The van der Waals surface area contributed by atoms with Gasteiger partial charge in [-0.2, -0.15) is 4.90 Å². The Morgan fingerprint density at radius 1 is 1.12 bits per heavy atom. The second-order valence-electron chi connectivity index (χ2n) is 7.43. The predicted octanol–water partition coefficient (Wildman–Crippen LogP) is 1.44. The number of benzene rings is 1. The average molecular weight is 362 g/mol. The number of ether oxygens (including phenoxy) is 1. The zero-order valence-corrected chi connectivity index (χ0v) is 14.9. The lowest BCUT2D eigenvalue weighted by Gasteiger charge is -2.37. The van der Waals surface area contributed by atoms with E-state index in [-0.39, 0.29) is 12.8 Å². The van der Waals surface area contributed by atoms with Gasteiger partial charge in [-0.3, -0.25) is 9.59 Å². The Kier molecular flexibility index (Phi) is 4.60. The van der Waals surface area contributed by atoms with E-state index < -0.39 is 42.0 Å². The first-order chi connectivity index (χ1) is 12.1. The van der Waals surface area contributed by atoms with Crippen LogP contribution in [0.25, 0.3) is 0 Å². The fraction of sp³-hybridized carbons (Fsp3) is 0.500. The molecule has 2 N–H and O–H groups in total. The number of rotatable bonds is 1. The molecule has 0 spiro atoms. The molecule has 26 heavy (non-hydrogen) atoms. The standard InChI is InChI=1S/C18H22N2O6/c1-18(2,3)26-17(25)20-13(21)9-8-12(16(20)24)19-14(22)10-6-4-5-7-11(10)15(19)23/h4-7,12,14-15,22-23H,8-9H2,1-3H3. The van der Waals surface area contributed by atoms with Crippen molar-refractivity contribution in [2.75, 3.05) is 0 Å². The summed E-state index contributed by atoms with van der Waals surface area (Å²) >= 11 is 0. The number of likely N-dealkylation sites (tertiary alicyclic amines) is 1. The van der Waals surface area contributed by atoms with Crippen molar-refractivity contribution in [2.45, 2.75) is 57.7 Å². The van der Waals surface area contributed by atoms with Gasteiger partial charge in [0.25, 0.3) is 5.91 Å². The van der Waals surface area contributed by atoms with Crippen molar-refractivity contribution in [3.63, 3.8) is 0 Å². The molecule has 2 aliphatic heterocycles. The monoisotopic (exact) mass is 362 g/mol. The summed E-state index contributed by atoms with van der Waals surface area (Å²) in [6.07, 6.45) is -3.42. The number of imide groups is 3. The normalized spacial score (nSPS) is 26.8. The third-order valence-electron chi connectivity index (χ3n) is 4.44. The lowest BCUT2D eigenvalue weighted by atomic mass is 10.0. The highest BCUT2D eigenvalue weighted by molar-refractivity contribution is 6.12. The van der Waals surface area contributed by atoms with Gasteiger partial charge in [0.2, 0.25) is 5.91 Å². The molecule has 2 heterocycles. The minimum absolute atomic E-state index is 0.0675. The molecule has 1 fully saturated rings. The van der Waals surface area contributed by atoms with E-state index in [1.54, 1.807) is 45.0 Å². The van der Waals surface area contributed by atoms with E-state index >= 15 is 0 Å². The first-order valence-electron chi connectivity index (χ1n) is 8.44. The molecule has 8 nitrogen and oxygen atoms in total. The Morgan fingerprint density at radius 2 is 1.65 bits per heavy atom. The van der Waals surface area contributed by atoms with E-state index in [9.17, 15) is 24.6 Å². The van der Waals surface area contributed by atoms with Crippen molar-refractivity contribution in [3.05, 3.63) is 35.4 Å². The van der Waals surface area contributed by atoms with E-state index in [0.29, 0.717) is 16.0 Å². The van der Waals surface area contributed by atoms with E-state index in [1.165, 1.54) is 4.90 Å². The topological polar surface area (TPSA) is 107 Å². The van der Waals surface area contributed by atoms with Crippen LogP contribution in [-0.4, -0.2) is 49.6 Å². The Bertz CT molecular complexity index is 727. The smallest absolute Gasteiger partial charge is 0.424 e. The summed E-state index contributed by atoms with van der Waals surface area (Å²) in [5.74, 6) is -1.46. The molecule has 3 atom stereocenters. The first-order valence-corrected chi connectivity index (χ1v) is 8.44. The number of carbonyl (C=O) groups is 3. The van der Waals surface area contributed by atoms with Crippen LogP contribution < -0.4 is 0 Å². The number of amides is 3. The van der Waals surface area contributed by atoms with E-state index in [4.69, 9.17) is 4.74 Å². The molecule has 8 heteroatoms. The molecule has 0 bridgehead atoms. The average Bonchev–Trinajstić information content (AvgIpc) is 2.78. The molecule has 1 aromatic carbocycles. The molecule has 0 saturated carbocycles. The van der Waals surface area contributed by atoms with Crippen molar-refractivity contribution in [2.24, 2.45) is 0 Å². The molecule has 1 aromatic rings. The van der Waals surface area contributed by atoms with Crippen LogP contribution in [-0.2, 0) is 14.3 Å². The zero-order chi connectivity index (χ0) is 19.2. The van der Waals surface area contributed by atoms with Gasteiger partial charge in [-0.1, -0.05) is 24.3 Å². The molecule has 0 radical (unpaired) electrons. The van der Waals surface area contributed by atoms with Gasteiger partial charge in [-0.25, -0.2) is 9.69 Å². The van der Waals surface area contributed by atoms with E-state index in [0.717, 1.165) is 0 Å². The molecular weight excluding hydrogens is 340 g/mol. The van der Waals surface area contributed by atoms with E-state index in [2.05, 4.69) is 0 Å². The molecule has 3 rings (SSSR count). The van der Waals surface area contributed by atoms with Crippen LogP contribution in [0.5, 0.6) is 0 Å². The van der Waals surface area contributed by atoms with Crippen LogP contribution in [0, 0.1) is 0 Å². The molecule has 3 unspecified atom stereocenters. The number of nitrogens with zero attached hydrogens (tertiary/aromatic N) is 2. The van der Waals surface area contributed by atoms with Gasteiger partial charge in [-0.05, 0) is 27.2 Å². The SMILES string of the molecule is CC(C)(C)OC(=O)N1C(=O)CCC(N2C(O)c3ccccc3C2O)C1=O. The molecule has 140 valence electrons.